The zero-order valence-corrected chi connectivity index (χ0v) is 17.1. The van der Waals surface area contributed by atoms with E-state index in [1.165, 1.54) is 18.5 Å². The maximum Gasteiger partial charge on any atom is 0.416 e. The molecule has 0 fully saturated rings. The average molecular weight is 443 g/mol. The number of benzene rings is 2. The summed E-state index contributed by atoms with van der Waals surface area (Å²) in [7, 11) is 1.77. The number of anilines is 1. The van der Waals surface area contributed by atoms with Gasteiger partial charge in [0.25, 0.3) is 0 Å². The summed E-state index contributed by atoms with van der Waals surface area (Å²) >= 11 is 0. The first kappa shape index (κ1) is 21.6. The van der Waals surface area contributed by atoms with Crippen molar-refractivity contribution in [2.24, 2.45) is 0 Å². The molecule has 0 bridgehead atoms. The van der Waals surface area contributed by atoms with E-state index in [1.54, 1.807) is 22.8 Å². The van der Waals surface area contributed by atoms with Crippen LogP contribution in [0.2, 0.25) is 0 Å². The third-order valence-electron chi connectivity index (χ3n) is 4.82. The third-order valence-corrected chi connectivity index (χ3v) is 4.82. The van der Waals surface area contributed by atoms with Crippen molar-refractivity contribution in [2.75, 3.05) is 25.1 Å². The minimum absolute atomic E-state index is 0.0901. The second-order valence-corrected chi connectivity index (χ2v) is 7.19. The maximum atomic E-state index is 12.6. The highest BCUT2D eigenvalue weighted by atomic mass is 19.4. The molecule has 166 valence electrons. The minimum atomic E-state index is -4.40. The molecule has 0 aliphatic rings. The zero-order valence-electron chi connectivity index (χ0n) is 17.1. The van der Waals surface area contributed by atoms with Crippen LogP contribution in [0.15, 0.2) is 67.1 Å². The first-order chi connectivity index (χ1) is 15.3. The Labute approximate surface area is 181 Å². The largest absolute Gasteiger partial charge is 0.491 e. The molecule has 0 spiro atoms. The predicted octanol–water partition coefficient (Wildman–Crippen LogP) is 3.71. The van der Waals surface area contributed by atoms with Crippen LogP contribution < -0.4 is 9.64 Å². The number of aliphatic hydroxyl groups is 1. The Morgan fingerprint density at radius 3 is 2.47 bits per heavy atom. The summed E-state index contributed by atoms with van der Waals surface area (Å²) in [5.41, 5.74) is 0.734. The lowest BCUT2D eigenvalue weighted by molar-refractivity contribution is -0.137. The van der Waals surface area contributed by atoms with E-state index < -0.39 is 17.8 Å². The van der Waals surface area contributed by atoms with E-state index in [9.17, 15) is 18.3 Å². The van der Waals surface area contributed by atoms with E-state index in [0.717, 1.165) is 23.2 Å². The standard InChI is InChI=1S/C22H20F3N5O2/c1-29(12-17(31)13-32-18-9-7-15(8-10-18)22(23,24)25)20-19-11-28-30(21(19)27-14-26-20)16-5-3-2-4-6-16/h2-11,14,17,31H,12-13H2,1H3. The summed E-state index contributed by atoms with van der Waals surface area (Å²) in [5, 5.41) is 15.5. The molecular formula is C22H20F3N5O2. The van der Waals surface area contributed by atoms with Gasteiger partial charge in [-0.25, -0.2) is 14.6 Å². The second kappa shape index (κ2) is 8.83. The average Bonchev–Trinajstić information content (AvgIpc) is 3.22. The van der Waals surface area contributed by atoms with Crippen LogP contribution in [0.25, 0.3) is 16.7 Å². The highest BCUT2D eigenvalue weighted by Crippen LogP contribution is 2.30. The molecule has 0 saturated carbocycles. The van der Waals surface area contributed by atoms with E-state index in [0.29, 0.717) is 11.5 Å². The molecule has 4 rings (SSSR count). The summed E-state index contributed by atoms with van der Waals surface area (Å²) in [6, 6.07) is 13.9. The van der Waals surface area contributed by atoms with Gasteiger partial charge in [-0.15, -0.1) is 0 Å². The Bertz CT molecular complexity index is 1180. The monoisotopic (exact) mass is 443 g/mol. The van der Waals surface area contributed by atoms with Crippen molar-refractivity contribution in [3.8, 4) is 11.4 Å². The van der Waals surface area contributed by atoms with Gasteiger partial charge in [-0.05, 0) is 36.4 Å². The third kappa shape index (κ3) is 4.65. The summed E-state index contributed by atoms with van der Waals surface area (Å²) in [5.74, 6) is 0.832. The molecule has 2 heterocycles. The molecule has 1 N–H and O–H groups in total. The van der Waals surface area contributed by atoms with Gasteiger partial charge in [0, 0.05) is 13.6 Å². The number of aliphatic hydroxyl groups excluding tert-OH is 1. The van der Waals surface area contributed by atoms with Crippen LogP contribution in [0.3, 0.4) is 0 Å². The van der Waals surface area contributed by atoms with E-state index in [-0.39, 0.29) is 18.9 Å². The highest BCUT2D eigenvalue weighted by Gasteiger charge is 2.30. The maximum absolute atomic E-state index is 12.6. The van der Waals surface area contributed by atoms with Crippen LogP contribution in [0, 0.1) is 0 Å². The number of fused-ring (bicyclic) bond motifs is 1. The fourth-order valence-corrected chi connectivity index (χ4v) is 3.28. The molecular weight excluding hydrogens is 423 g/mol. The van der Waals surface area contributed by atoms with Crippen molar-refractivity contribution in [2.45, 2.75) is 12.3 Å². The molecule has 0 radical (unpaired) electrons. The van der Waals surface area contributed by atoms with Crippen LogP contribution in [0.5, 0.6) is 5.75 Å². The van der Waals surface area contributed by atoms with Crippen molar-refractivity contribution in [3.05, 3.63) is 72.7 Å². The van der Waals surface area contributed by atoms with Gasteiger partial charge < -0.3 is 14.7 Å². The number of hydrogen-bond acceptors (Lipinski definition) is 6. The molecule has 0 aliphatic carbocycles. The van der Waals surface area contributed by atoms with Crippen LogP contribution >= 0.6 is 0 Å². The second-order valence-electron chi connectivity index (χ2n) is 7.19. The van der Waals surface area contributed by atoms with E-state index in [2.05, 4.69) is 15.1 Å². The van der Waals surface area contributed by atoms with Gasteiger partial charge in [-0.3, -0.25) is 0 Å². The lowest BCUT2D eigenvalue weighted by Gasteiger charge is -2.22. The van der Waals surface area contributed by atoms with Crippen LogP contribution in [0.1, 0.15) is 5.56 Å². The molecule has 2 aromatic heterocycles. The predicted molar refractivity (Wildman–Crippen MR) is 113 cm³/mol. The molecule has 1 unspecified atom stereocenters. The first-order valence-corrected chi connectivity index (χ1v) is 9.76. The normalized spacial score (nSPS) is 12.7. The number of nitrogens with zero attached hydrogens (tertiary/aromatic N) is 5. The van der Waals surface area contributed by atoms with E-state index in [4.69, 9.17) is 4.74 Å². The summed E-state index contributed by atoms with van der Waals surface area (Å²) in [6.45, 7) is 0.0937. The van der Waals surface area contributed by atoms with Gasteiger partial charge in [0.05, 0.1) is 22.8 Å². The smallest absolute Gasteiger partial charge is 0.416 e. The van der Waals surface area contributed by atoms with E-state index >= 15 is 0 Å². The molecule has 4 aromatic rings. The first-order valence-electron chi connectivity index (χ1n) is 9.76. The zero-order chi connectivity index (χ0) is 22.7. The van der Waals surface area contributed by atoms with Gasteiger partial charge in [0.2, 0.25) is 0 Å². The Hall–Kier alpha value is -3.66. The van der Waals surface area contributed by atoms with Gasteiger partial charge in [-0.1, -0.05) is 18.2 Å². The Morgan fingerprint density at radius 2 is 1.78 bits per heavy atom. The number of para-hydroxylation sites is 1. The lowest BCUT2D eigenvalue weighted by atomic mass is 10.2. The van der Waals surface area contributed by atoms with Gasteiger partial charge in [0.1, 0.15) is 30.6 Å². The fourth-order valence-electron chi connectivity index (χ4n) is 3.28. The summed E-state index contributed by atoms with van der Waals surface area (Å²) in [6.07, 6.45) is -2.21. The van der Waals surface area contributed by atoms with Gasteiger partial charge >= 0.3 is 6.18 Å². The summed E-state index contributed by atoms with van der Waals surface area (Å²) in [4.78, 5) is 10.4. The van der Waals surface area contributed by atoms with Crippen molar-refractivity contribution in [1.29, 1.82) is 0 Å². The Morgan fingerprint density at radius 1 is 1.06 bits per heavy atom. The number of hydrogen-bond donors (Lipinski definition) is 1. The molecule has 10 heteroatoms. The topological polar surface area (TPSA) is 76.3 Å². The van der Waals surface area contributed by atoms with Gasteiger partial charge in [0.15, 0.2) is 5.65 Å². The number of aromatic nitrogens is 4. The van der Waals surface area contributed by atoms with E-state index in [1.807, 2.05) is 30.3 Å². The molecule has 32 heavy (non-hydrogen) atoms. The SMILES string of the molecule is CN(CC(O)COc1ccc(C(F)(F)F)cc1)c1ncnc2c1cnn2-c1ccccc1. The molecule has 0 saturated heterocycles. The van der Waals surface area contributed by atoms with Crippen molar-refractivity contribution in [1.82, 2.24) is 19.7 Å². The molecule has 2 aromatic carbocycles. The van der Waals surface area contributed by atoms with Crippen molar-refractivity contribution < 1.29 is 23.0 Å². The van der Waals surface area contributed by atoms with Crippen LogP contribution in [0.4, 0.5) is 19.0 Å². The quantitative estimate of drug-likeness (QED) is 0.469. The van der Waals surface area contributed by atoms with Crippen LogP contribution in [-0.2, 0) is 6.18 Å². The van der Waals surface area contributed by atoms with Crippen LogP contribution in [-0.4, -0.2) is 51.2 Å². The summed E-state index contributed by atoms with van der Waals surface area (Å²) < 4.78 is 45.1. The lowest BCUT2D eigenvalue weighted by Crippen LogP contribution is -2.33. The number of halogens is 3. The Balaban J connectivity index is 1.42. The fraction of sp³-hybridized carbons (Fsp3) is 0.227. The highest BCUT2D eigenvalue weighted by molar-refractivity contribution is 5.87. The minimum Gasteiger partial charge on any atom is -0.491 e. The molecule has 1 atom stereocenters. The van der Waals surface area contributed by atoms with Crippen molar-refractivity contribution in [3.63, 3.8) is 0 Å². The van der Waals surface area contributed by atoms with Crippen molar-refractivity contribution >= 4 is 16.9 Å². The number of ether oxygens (including phenoxy) is 1. The molecule has 0 aliphatic heterocycles. The molecule has 0 amide bonds. The molecule has 7 nitrogen and oxygen atoms in total. The number of rotatable bonds is 7. The van der Waals surface area contributed by atoms with Gasteiger partial charge in [-0.2, -0.15) is 18.3 Å². The number of alkyl halides is 3. The number of likely N-dealkylation sites (N-methyl/N-ethyl adjacent to an activating group) is 1. The Kier molecular flexibility index (Phi) is 5.95.